The van der Waals surface area contributed by atoms with E-state index >= 15 is 0 Å². The van der Waals surface area contributed by atoms with E-state index in [2.05, 4.69) is 21.2 Å². The molecule has 0 radical (unpaired) electrons. The first-order valence-corrected chi connectivity index (χ1v) is 7.72. The second-order valence-electron chi connectivity index (χ2n) is 4.85. The molecule has 0 unspecified atom stereocenters. The summed E-state index contributed by atoms with van der Waals surface area (Å²) in [5.41, 5.74) is 1.89. The predicted molar refractivity (Wildman–Crippen MR) is 94.8 cm³/mol. The van der Waals surface area contributed by atoms with Gasteiger partial charge in [-0.15, -0.1) is 0 Å². The summed E-state index contributed by atoms with van der Waals surface area (Å²) in [7, 11) is 1.58. The van der Waals surface area contributed by atoms with Gasteiger partial charge in [0.2, 0.25) is 5.91 Å². The third-order valence-corrected chi connectivity index (χ3v) is 3.57. The molecule has 0 saturated carbocycles. The fraction of sp³-hybridized carbons (Fsp3) is 0.111. The molecule has 23 heavy (non-hydrogen) atoms. The second-order valence-corrected chi connectivity index (χ2v) is 5.76. The number of anilines is 1. The highest BCUT2D eigenvalue weighted by atomic mass is 79.9. The number of rotatable bonds is 5. The Bertz CT molecular complexity index is 769. The molecule has 0 aliphatic rings. The van der Waals surface area contributed by atoms with Crippen molar-refractivity contribution in [1.29, 1.82) is 0 Å². The monoisotopic (exact) mass is 373 g/mol. The molecule has 0 bridgehead atoms. The van der Waals surface area contributed by atoms with E-state index < -0.39 is 0 Å². The van der Waals surface area contributed by atoms with Gasteiger partial charge in [0.15, 0.2) is 5.78 Å². The Morgan fingerprint density at radius 2 is 1.96 bits per heavy atom. The zero-order valence-electron chi connectivity index (χ0n) is 12.8. The topological polar surface area (TPSA) is 55.4 Å². The van der Waals surface area contributed by atoms with E-state index in [-0.39, 0.29) is 11.7 Å². The van der Waals surface area contributed by atoms with E-state index in [1.54, 1.807) is 37.5 Å². The standard InChI is InChI=1S/C18H16BrNO3/c1-12(21)20-16-5-3-4-13(11-16)17(22)8-6-14-10-15(19)7-9-18(14)23-2/h3-11H,1-2H3,(H,20,21)/b8-6+. The molecule has 0 saturated heterocycles. The summed E-state index contributed by atoms with van der Waals surface area (Å²) in [5, 5.41) is 2.66. The molecule has 0 heterocycles. The number of halogens is 1. The van der Waals surface area contributed by atoms with Crippen LogP contribution in [0.15, 0.2) is 53.0 Å². The first-order chi connectivity index (χ1) is 11.0. The average Bonchev–Trinajstić information content (AvgIpc) is 2.52. The third kappa shape index (κ3) is 4.79. The normalized spacial score (nSPS) is 10.6. The van der Waals surface area contributed by atoms with Crippen molar-refractivity contribution in [2.24, 2.45) is 0 Å². The second kappa shape index (κ2) is 7.74. The largest absolute Gasteiger partial charge is 0.496 e. The fourth-order valence-electron chi connectivity index (χ4n) is 2.05. The van der Waals surface area contributed by atoms with Crippen LogP contribution in [0.3, 0.4) is 0 Å². The number of amides is 1. The van der Waals surface area contributed by atoms with Crippen LogP contribution < -0.4 is 10.1 Å². The van der Waals surface area contributed by atoms with Crippen molar-refractivity contribution in [3.8, 4) is 5.75 Å². The number of hydrogen-bond donors (Lipinski definition) is 1. The van der Waals surface area contributed by atoms with Gasteiger partial charge in [-0.05, 0) is 42.5 Å². The Labute approximate surface area is 143 Å². The van der Waals surface area contributed by atoms with Gasteiger partial charge in [-0.2, -0.15) is 0 Å². The summed E-state index contributed by atoms with van der Waals surface area (Å²) in [6.45, 7) is 1.42. The van der Waals surface area contributed by atoms with E-state index in [1.807, 2.05) is 18.2 Å². The van der Waals surface area contributed by atoms with Crippen molar-refractivity contribution in [2.75, 3.05) is 12.4 Å². The van der Waals surface area contributed by atoms with Crippen LogP contribution in [-0.2, 0) is 4.79 Å². The lowest BCUT2D eigenvalue weighted by Crippen LogP contribution is -2.06. The highest BCUT2D eigenvalue weighted by Gasteiger charge is 2.05. The Balaban J connectivity index is 2.22. The summed E-state index contributed by atoms with van der Waals surface area (Å²) in [5.74, 6) is 0.354. The minimum atomic E-state index is -0.177. The Kier molecular flexibility index (Phi) is 5.71. The number of benzene rings is 2. The highest BCUT2D eigenvalue weighted by molar-refractivity contribution is 9.10. The van der Waals surface area contributed by atoms with Crippen molar-refractivity contribution >= 4 is 39.4 Å². The van der Waals surface area contributed by atoms with Gasteiger partial charge in [-0.25, -0.2) is 0 Å². The molecule has 1 amide bonds. The first-order valence-electron chi connectivity index (χ1n) is 6.93. The molecule has 0 aliphatic carbocycles. The molecule has 0 spiro atoms. The summed E-state index contributed by atoms with van der Waals surface area (Å²) < 4.78 is 6.17. The molecule has 2 aromatic carbocycles. The lowest BCUT2D eigenvalue weighted by Gasteiger charge is -2.05. The van der Waals surface area contributed by atoms with Crippen LogP contribution in [0.1, 0.15) is 22.8 Å². The lowest BCUT2D eigenvalue weighted by molar-refractivity contribution is -0.114. The molecule has 1 N–H and O–H groups in total. The Morgan fingerprint density at radius 1 is 1.17 bits per heavy atom. The van der Waals surface area contributed by atoms with Gasteiger partial charge in [-0.3, -0.25) is 9.59 Å². The summed E-state index contributed by atoms with van der Waals surface area (Å²) in [6, 6.07) is 12.4. The highest BCUT2D eigenvalue weighted by Crippen LogP contribution is 2.24. The molecular formula is C18H16BrNO3. The van der Waals surface area contributed by atoms with Gasteiger partial charge in [0.1, 0.15) is 5.75 Å². The molecule has 0 aliphatic heterocycles. The van der Waals surface area contributed by atoms with Gasteiger partial charge in [0.05, 0.1) is 7.11 Å². The zero-order chi connectivity index (χ0) is 16.8. The predicted octanol–water partition coefficient (Wildman–Crippen LogP) is 4.31. The fourth-order valence-corrected chi connectivity index (χ4v) is 2.43. The van der Waals surface area contributed by atoms with Crippen LogP contribution in [0.2, 0.25) is 0 Å². The molecule has 0 aromatic heterocycles. The molecule has 5 heteroatoms. The Hall–Kier alpha value is -2.40. The van der Waals surface area contributed by atoms with Crippen LogP contribution in [0, 0.1) is 0 Å². The van der Waals surface area contributed by atoms with E-state index in [1.165, 1.54) is 13.0 Å². The van der Waals surface area contributed by atoms with Crippen LogP contribution >= 0.6 is 15.9 Å². The number of carbonyl (C=O) groups excluding carboxylic acids is 2. The van der Waals surface area contributed by atoms with E-state index in [4.69, 9.17) is 4.74 Å². The minimum absolute atomic E-state index is 0.153. The molecule has 2 aromatic rings. The lowest BCUT2D eigenvalue weighted by atomic mass is 10.1. The molecule has 2 rings (SSSR count). The zero-order valence-corrected chi connectivity index (χ0v) is 14.4. The van der Waals surface area contributed by atoms with Crippen molar-refractivity contribution in [2.45, 2.75) is 6.92 Å². The van der Waals surface area contributed by atoms with Gasteiger partial charge < -0.3 is 10.1 Å². The molecular weight excluding hydrogens is 358 g/mol. The van der Waals surface area contributed by atoms with Crippen LogP contribution in [0.4, 0.5) is 5.69 Å². The number of nitrogens with one attached hydrogen (secondary N) is 1. The summed E-state index contributed by atoms with van der Waals surface area (Å²) in [6.07, 6.45) is 3.19. The molecule has 118 valence electrons. The number of ether oxygens (including phenoxy) is 1. The van der Waals surface area contributed by atoms with Crippen molar-refractivity contribution in [3.63, 3.8) is 0 Å². The van der Waals surface area contributed by atoms with Crippen LogP contribution in [0.5, 0.6) is 5.75 Å². The van der Waals surface area contributed by atoms with E-state index in [0.717, 1.165) is 10.0 Å². The van der Waals surface area contributed by atoms with Gasteiger partial charge >= 0.3 is 0 Å². The molecule has 0 fully saturated rings. The average molecular weight is 374 g/mol. The summed E-state index contributed by atoms with van der Waals surface area (Å²) >= 11 is 3.40. The Morgan fingerprint density at radius 3 is 2.65 bits per heavy atom. The van der Waals surface area contributed by atoms with E-state index in [0.29, 0.717) is 17.0 Å². The number of allylic oxidation sites excluding steroid dienone is 1. The van der Waals surface area contributed by atoms with Crippen molar-refractivity contribution < 1.29 is 14.3 Å². The number of methoxy groups -OCH3 is 1. The van der Waals surface area contributed by atoms with Gasteiger partial charge in [0.25, 0.3) is 0 Å². The maximum Gasteiger partial charge on any atom is 0.221 e. The van der Waals surface area contributed by atoms with E-state index in [9.17, 15) is 9.59 Å². The first kappa shape index (κ1) is 17.0. The van der Waals surface area contributed by atoms with Crippen molar-refractivity contribution in [1.82, 2.24) is 0 Å². The summed E-state index contributed by atoms with van der Waals surface area (Å²) in [4.78, 5) is 23.4. The smallest absolute Gasteiger partial charge is 0.221 e. The SMILES string of the molecule is COc1ccc(Br)cc1/C=C/C(=O)c1cccc(NC(C)=O)c1. The minimum Gasteiger partial charge on any atom is -0.496 e. The molecule has 0 atom stereocenters. The van der Waals surface area contributed by atoms with Gasteiger partial charge in [0, 0.05) is 28.2 Å². The third-order valence-electron chi connectivity index (χ3n) is 3.07. The molecule has 4 nitrogen and oxygen atoms in total. The maximum atomic E-state index is 12.3. The quantitative estimate of drug-likeness (QED) is 0.627. The maximum absolute atomic E-state index is 12.3. The van der Waals surface area contributed by atoms with Crippen LogP contribution in [-0.4, -0.2) is 18.8 Å². The van der Waals surface area contributed by atoms with Crippen molar-refractivity contribution in [3.05, 3.63) is 64.1 Å². The number of carbonyl (C=O) groups is 2. The number of hydrogen-bond acceptors (Lipinski definition) is 3. The van der Waals surface area contributed by atoms with Gasteiger partial charge in [-0.1, -0.05) is 28.1 Å². The number of ketones is 1. The van der Waals surface area contributed by atoms with Crippen LogP contribution in [0.25, 0.3) is 6.08 Å².